The number of hydrogen-bond donors (Lipinski definition) is 1. The van der Waals surface area contributed by atoms with Crippen LogP contribution in [0, 0.1) is 12.8 Å². The van der Waals surface area contributed by atoms with Crippen molar-refractivity contribution in [3.05, 3.63) is 28.8 Å². The Morgan fingerprint density at radius 2 is 2.05 bits per heavy atom. The molecule has 3 nitrogen and oxygen atoms in total. The van der Waals surface area contributed by atoms with E-state index in [4.69, 9.17) is 11.6 Å². The average Bonchev–Trinajstić information content (AvgIpc) is 2.67. The molecule has 1 aromatic carbocycles. The van der Waals surface area contributed by atoms with Crippen LogP contribution in [0.4, 0.5) is 0 Å². The third kappa shape index (κ3) is 3.34. The smallest absolute Gasteiger partial charge is 0.210 e. The SMILES string of the molecule is Cc1c(S(=O)(=O)NCCC(C)C)sc2ccc(Cl)cc12. The summed E-state index contributed by atoms with van der Waals surface area (Å²) in [5, 5.41) is 1.53. The maximum atomic E-state index is 12.4. The van der Waals surface area contributed by atoms with Crippen molar-refractivity contribution in [1.82, 2.24) is 4.72 Å². The van der Waals surface area contributed by atoms with Crippen molar-refractivity contribution in [3.63, 3.8) is 0 Å². The van der Waals surface area contributed by atoms with E-state index >= 15 is 0 Å². The second-order valence-corrected chi connectivity index (χ2v) is 8.69. The summed E-state index contributed by atoms with van der Waals surface area (Å²) in [5.74, 6) is 0.472. The van der Waals surface area contributed by atoms with Crippen molar-refractivity contribution >= 4 is 43.0 Å². The van der Waals surface area contributed by atoms with Crippen LogP contribution in [0.3, 0.4) is 0 Å². The predicted octanol–water partition coefficient (Wildman–Crippen LogP) is 4.19. The van der Waals surface area contributed by atoms with Gasteiger partial charge in [0.2, 0.25) is 10.0 Å². The lowest BCUT2D eigenvalue weighted by Gasteiger charge is -2.07. The number of thiophene rings is 1. The molecule has 0 fully saturated rings. The Labute approximate surface area is 129 Å². The lowest BCUT2D eigenvalue weighted by atomic mass is 10.1. The highest BCUT2D eigenvalue weighted by atomic mass is 35.5. The molecule has 0 aliphatic heterocycles. The number of nitrogens with one attached hydrogen (secondary N) is 1. The topological polar surface area (TPSA) is 46.2 Å². The zero-order chi connectivity index (χ0) is 14.9. The van der Waals surface area contributed by atoms with E-state index in [0.29, 0.717) is 21.7 Å². The van der Waals surface area contributed by atoms with Crippen LogP contribution in [0.1, 0.15) is 25.8 Å². The molecule has 0 aliphatic carbocycles. The van der Waals surface area contributed by atoms with Gasteiger partial charge in [-0.3, -0.25) is 0 Å². The van der Waals surface area contributed by atoms with Crippen LogP contribution in [0.25, 0.3) is 10.1 Å². The molecular weight excluding hydrogens is 314 g/mol. The van der Waals surface area contributed by atoms with Crippen molar-refractivity contribution < 1.29 is 8.42 Å². The molecule has 6 heteroatoms. The first-order chi connectivity index (χ1) is 9.31. The van der Waals surface area contributed by atoms with E-state index in [-0.39, 0.29) is 0 Å². The summed E-state index contributed by atoms with van der Waals surface area (Å²) in [6, 6.07) is 5.46. The van der Waals surface area contributed by atoms with Gasteiger partial charge in [0.1, 0.15) is 4.21 Å². The highest BCUT2D eigenvalue weighted by Crippen LogP contribution is 2.35. The molecule has 0 saturated heterocycles. The number of benzene rings is 1. The van der Waals surface area contributed by atoms with Crippen molar-refractivity contribution in [2.45, 2.75) is 31.4 Å². The summed E-state index contributed by atoms with van der Waals surface area (Å²) in [4.78, 5) is 0. The molecule has 20 heavy (non-hydrogen) atoms. The molecule has 0 spiro atoms. The maximum absolute atomic E-state index is 12.4. The van der Waals surface area contributed by atoms with Gasteiger partial charge in [0.25, 0.3) is 0 Å². The van der Waals surface area contributed by atoms with Crippen LogP contribution in [0.2, 0.25) is 5.02 Å². The van der Waals surface area contributed by atoms with Gasteiger partial charge >= 0.3 is 0 Å². The predicted molar refractivity (Wildman–Crippen MR) is 86.2 cm³/mol. The van der Waals surface area contributed by atoms with E-state index in [2.05, 4.69) is 18.6 Å². The summed E-state index contributed by atoms with van der Waals surface area (Å²) in [6.07, 6.45) is 0.828. The highest BCUT2D eigenvalue weighted by Gasteiger charge is 2.21. The van der Waals surface area contributed by atoms with Gasteiger partial charge in [-0.25, -0.2) is 13.1 Å². The van der Waals surface area contributed by atoms with E-state index < -0.39 is 10.0 Å². The van der Waals surface area contributed by atoms with Crippen molar-refractivity contribution in [3.8, 4) is 0 Å². The third-order valence-electron chi connectivity index (χ3n) is 3.11. The van der Waals surface area contributed by atoms with Gasteiger partial charge in [-0.05, 0) is 48.4 Å². The monoisotopic (exact) mass is 331 g/mol. The van der Waals surface area contributed by atoms with Crippen molar-refractivity contribution in [2.75, 3.05) is 6.54 Å². The van der Waals surface area contributed by atoms with Gasteiger partial charge in [0, 0.05) is 16.3 Å². The van der Waals surface area contributed by atoms with Crippen LogP contribution in [0.5, 0.6) is 0 Å². The van der Waals surface area contributed by atoms with E-state index in [1.165, 1.54) is 11.3 Å². The van der Waals surface area contributed by atoms with Gasteiger partial charge in [-0.1, -0.05) is 25.4 Å². The first-order valence-corrected chi connectivity index (χ1v) is 9.17. The second kappa shape index (κ2) is 6.02. The minimum absolute atomic E-state index is 0.388. The molecule has 1 heterocycles. The fraction of sp³-hybridized carbons (Fsp3) is 0.429. The number of rotatable bonds is 5. The molecule has 2 aromatic rings. The van der Waals surface area contributed by atoms with E-state index in [9.17, 15) is 8.42 Å². The molecule has 0 saturated carbocycles. The minimum atomic E-state index is -3.44. The number of halogens is 1. The summed E-state index contributed by atoms with van der Waals surface area (Å²) < 4.78 is 28.7. The quantitative estimate of drug-likeness (QED) is 0.893. The van der Waals surface area contributed by atoms with Crippen LogP contribution in [0.15, 0.2) is 22.4 Å². The lowest BCUT2D eigenvalue weighted by molar-refractivity contribution is 0.552. The van der Waals surface area contributed by atoms with Crippen molar-refractivity contribution in [1.29, 1.82) is 0 Å². The Kier molecular flexibility index (Phi) is 4.74. The summed E-state index contributed by atoms with van der Waals surface area (Å²) in [7, 11) is -3.44. The first-order valence-electron chi connectivity index (χ1n) is 6.49. The Morgan fingerprint density at radius 3 is 2.70 bits per heavy atom. The second-order valence-electron chi connectivity index (χ2n) is 5.24. The molecule has 110 valence electrons. The number of hydrogen-bond acceptors (Lipinski definition) is 3. The third-order valence-corrected chi connectivity index (χ3v) is 6.70. The summed E-state index contributed by atoms with van der Waals surface area (Å²) >= 11 is 7.26. The van der Waals surface area contributed by atoms with Gasteiger partial charge in [0.15, 0.2) is 0 Å². The first kappa shape index (κ1) is 15.8. The zero-order valence-corrected chi connectivity index (χ0v) is 14.1. The van der Waals surface area contributed by atoms with Crippen molar-refractivity contribution in [2.24, 2.45) is 5.92 Å². The molecule has 0 unspecified atom stereocenters. The van der Waals surface area contributed by atoms with E-state index in [1.807, 2.05) is 19.1 Å². The maximum Gasteiger partial charge on any atom is 0.250 e. The lowest BCUT2D eigenvalue weighted by Crippen LogP contribution is -2.25. The molecule has 0 aliphatic rings. The molecule has 2 rings (SSSR count). The minimum Gasteiger partial charge on any atom is -0.210 e. The molecular formula is C14H18ClNO2S2. The highest BCUT2D eigenvalue weighted by molar-refractivity contribution is 7.91. The Hall–Kier alpha value is -0.620. The van der Waals surface area contributed by atoms with Crippen LogP contribution in [-0.4, -0.2) is 15.0 Å². The fourth-order valence-corrected chi connectivity index (χ4v) is 4.98. The van der Waals surface area contributed by atoms with Gasteiger partial charge < -0.3 is 0 Å². The number of aryl methyl sites for hydroxylation is 1. The largest absolute Gasteiger partial charge is 0.250 e. The van der Waals surface area contributed by atoms with Crippen LogP contribution < -0.4 is 4.72 Å². The normalized spacial score (nSPS) is 12.4. The summed E-state index contributed by atoms with van der Waals surface area (Å²) in [5.41, 5.74) is 0.768. The van der Waals surface area contributed by atoms with Gasteiger partial charge in [-0.2, -0.15) is 0 Å². The standard InChI is InChI=1S/C14H18ClNO2S2/c1-9(2)6-7-16-20(17,18)14-10(3)12-8-11(15)4-5-13(12)19-14/h4-5,8-9,16H,6-7H2,1-3H3. The molecule has 0 radical (unpaired) electrons. The van der Waals surface area contributed by atoms with E-state index in [0.717, 1.165) is 22.1 Å². The van der Waals surface area contributed by atoms with Crippen LogP contribution >= 0.6 is 22.9 Å². The van der Waals surface area contributed by atoms with Gasteiger partial charge in [0.05, 0.1) is 0 Å². The summed E-state index contributed by atoms with van der Waals surface area (Å²) in [6.45, 7) is 6.43. The van der Waals surface area contributed by atoms with E-state index in [1.54, 1.807) is 6.07 Å². The molecule has 0 atom stereocenters. The van der Waals surface area contributed by atoms with Gasteiger partial charge in [-0.15, -0.1) is 11.3 Å². The fourth-order valence-electron chi connectivity index (χ4n) is 1.97. The Balaban J connectivity index is 2.34. The molecule has 1 N–H and O–H groups in total. The average molecular weight is 332 g/mol. The Morgan fingerprint density at radius 1 is 1.35 bits per heavy atom. The van der Waals surface area contributed by atoms with Crippen LogP contribution in [-0.2, 0) is 10.0 Å². The molecule has 0 amide bonds. The number of sulfonamides is 1. The molecule has 0 bridgehead atoms. The Bertz CT molecular complexity index is 720. The zero-order valence-electron chi connectivity index (χ0n) is 11.7. The number of fused-ring (bicyclic) bond motifs is 1. The molecule has 1 aromatic heterocycles.